The van der Waals surface area contributed by atoms with Crippen molar-refractivity contribution in [2.24, 2.45) is 0 Å². The smallest absolute Gasteiger partial charge is 0.300 e. The van der Waals surface area contributed by atoms with Crippen molar-refractivity contribution in [1.29, 1.82) is 0 Å². The van der Waals surface area contributed by atoms with Gasteiger partial charge in [0, 0.05) is 37.8 Å². The van der Waals surface area contributed by atoms with Crippen LogP contribution in [0.3, 0.4) is 0 Å². The molecule has 1 aromatic rings. The Bertz CT molecular complexity index is 454. The number of amides is 1. The zero-order valence-corrected chi connectivity index (χ0v) is 10.9. The van der Waals surface area contributed by atoms with Gasteiger partial charge in [-0.2, -0.15) is 0 Å². The van der Waals surface area contributed by atoms with E-state index in [9.17, 15) is 4.79 Å². The Morgan fingerprint density at radius 2 is 2.47 bits per heavy atom. The molecule has 0 saturated carbocycles. The van der Waals surface area contributed by atoms with Gasteiger partial charge in [-0.3, -0.25) is 19.5 Å². The predicted octanol–water partition coefficient (Wildman–Crippen LogP) is 1.08. The zero-order valence-electron chi connectivity index (χ0n) is 10.9. The topological polar surface area (TPSA) is 49.6 Å². The standard InChI is InChI=1S/C14H18N4O/c1-15-13-6-4-10-18(13)14(19)11-16-9-7-12-5-2-3-8-17-12/h2-3,5,8,13,16H,4,6-7,9-11H2/t13-/m0/s1. The van der Waals surface area contributed by atoms with E-state index in [4.69, 9.17) is 6.57 Å². The Kier molecular flexibility index (Phi) is 4.87. The maximum atomic E-state index is 11.9. The molecule has 0 bridgehead atoms. The minimum absolute atomic E-state index is 0.0273. The van der Waals surface area contributed by atoms with E-state index in [0.29, 0.717) is 13.1 Å². The van der Waals surface area contributed by atoms with Crippen LogP contribution >= 0.6 is 0 Å². The van der Waals surface area contributed by atoms with Crippen molar-refractivity contribution in [2.75, 3.05) is 19.6 Å². The minimum atomic E-state index is -0.245. The van der Waals surface area contributed by atoms with Gasteiger partial charge in [-0.25, -0.2) is 6.57 Å². The highest BCUT2D eigenvalue weighted by molar-refractivity contribution is 5.79. The van der Waals surface area contributed by atoms with E-state index in [1.165, 1.54) is 0 Å². The molecule has 0 aromatic carbocycles. The molecule has 19 heavy (non-hydrogen) atoms. The number of carbonyl (C=O) groups is 1. The fourth-order valence-corrected chi connectivity index (χ4v) is 2.23. The van der Waals surface area contributed by atoms with E-state index in [1.807, 2.05) is 18.2 Å². The van der Waals surface area contributed by atoms with Crippen LogP contribution in [0.4, 0.5) is 0 Å². The minimum Gasteiger partial charge on any atom is -0.308 e. The Labute approximate surface area is 113 Å². The second-order valence-electron chi connectivity index (χ2n) is 4.59. The third-order valence-electron chi connectivity index (χ3n) is 3.25. The van der Waals surface area contributed by atoms with Gasteiger partial charge in [-0.05, 0) is 18.6 Å². The van der Waals surface area contributed by atoms with Gasteiger partial charge >= 0.3 is 6.17 Å². The van der Waals surface area contributed by atoms with Crippen molar-refractivity contribution in [3.8, 4) is 0 Å². The SMILES string of the molecule is [C-]#[N+][C@@H]1CCCN1C(=O)CNCCc1ccccn1. The van der Waals surface area contributed by atoms with Gasteiger partial charge in [0.1, 0.15) is 0 Å². The van der Waals surface area contributed by atoms with Crippen LogP contribution in [-0.2, 0) is 11.2 Å². The van der Waals surface area contributed by atoms with Crippen LogP contribution in [0, 0.1) is 6.57 Å². The number of hydrogen-bond acceptors (Lipinski definition) is 3. The summed E-state index contributed by atoms with van der Waals surface area (Å²) < 4.78 is 0. The number of rotatable bonds is 5. The zero-order chi connectivity index (χ0) is 13.5. The van der Waals surface area contributed by atoms with Crippen LogP contribution < -0.4 is 5.32 Å². The largest absolute Gasteiger partial charge is 0.308 e. The lowest BCUT2D eigenvalue weighted by molar-refractivity contribution is -0.130. The normalized spacial score (nSPS) is 18.3. The van der Waals surface area contributed by atoms with E-state index >= 15 is 0 Å². The highest BCUT2D eigenvalue weighted by atomic mass is 16.2. The number of nitrogens with one attached hydrogen (secondary N) is 1. The van der Waals surface area contributed by atoms with Crippen LogP contribution in [0.2, 0.25) is 0 Å². The van der Waals surface area contributed by atoms with Crippen LogP contribution in [0.1, 0.15) is 18.5 Å². The molecule has 0 aliphatic carbocycles. The molecule has 0 spiro atoms. The quantitative estimate of drug-likeness (QED) is 0.635. The Morgan fingerprint density at radius 1 is 1.58 bits per heavy atom. The van der Waals surface area contributed by atoms with Gasteiger partial charge in [-0.1, -0.05) is 6.07 Å². The van der Waals surface area contributed by atoms with Gasteiger partial charge in [0.2, 0.25) is 5.91 Å². The molecule has 1 atom stereocenters. The molecule has 0 unspecified atom stereocenters. The van der Waals surface area contributed by atoms with E-state index in [-0.39, 0.29) is 12.1 Å². The first-order chi connectivity index (χ1) is 9.31. The van der Waals surface area contributed by atoms with E-state index in [2.05, 4.69) is 15.1 Å². The fraction of sp³-hybridized carbons (Fsp3) is 0.500. The lowest BCUT2D eigenvalue weighted by Gasteiger charge is -2.16. The van der Waals surface area contributed by atoms with E-state index < -0.39 is 0 Å². The van der Waals surface area contributed by atoms with Crippen LogP contribution in [0.25, 0.3) is 4.85 Å². The van der Waals surface area contributed by atoms with Crippen molar-refractivity contribution < 1.29 is 4.79 Å². The van der Waals surface area contributed by atoms with Crippen LogP contribution in [0.5, 0.6) is 0 Å². The van der Waals surface area contributed by atoms with Crippen molar-refractivity contribution >= 4 is 5.91 Å². The van der Waals surface area contributed by atoms with Crippen molar-refractivity contribution in [1.82, 2.24) is 15.2 Å². The lowest BCUT2D eigenvalue weighted by Crippen LogP contribution is -2.40. The lowest BCUT2D eigenvalue weighted by atomic mass is 10.3. The summed E-state index contributed by atoms with van der Waals surface area (Å²) in [4.78, 5) is 21.3. The average Bonchev–Trinajstić information content (AvgIpc) is 2.93. The fourth-order valence-electron chi connectivity index (χ4n) is 2.23. The number of pyridine rings is 1. The third kappa shape index (κ3) is 3.76. The molecule has 5 heteroatoms. The first-order valence-corrected chi connectivity index (χ1v) is 6.58. The molecule has 1 amide bonds. The Morgan fingerprint density at radius 3 is 3.21 bits per heavy atom. The molecule has 1 saturated heterocycles. The second-order valence-corrected chi connectivity index (χ2v) is 4.59. The number of nitrogens with zero attached hydrogens (tertiary/aromatic N) is 3. The molecule has 2 rings (SSSR count). The highest BCUT2D eigenvalue weighted by Gasteiger charge is 2.32. The summed E-state index contributed by atoms with van der Waals surface area (Å²) in [7, 11) is 0. The van der Waals surface area contributed by atoms with Gasteiger partial charge in [0.25, 0.3) is 0 Å². The van der Waals surface area contributed by atoms with Gasteiger partial charge < -0.3 is 5.32 Å². The van der Waals surface area contributed by atoms with Crippen molar-refractivity contribution in [2.45, 2.75) is 25.4 Å². The maximum Gasteiger partial charge on any atom is 0.300 e. The second kappa shape index (κ2) is 6.86. The number of hydrogen-bond donors (Lipinski definition) is 1. The summed E-state index contributed by atoms with van der Waals surface area (Å²) in [6, 6.07) is 5.81. The molecule has 0 radical (unpaired) electrons. The summed E-state index contributed by atoms with van der Waals surface area (Å²) in [6.07, 6.45) is 4.08. The first kappa shape index (κ1) is 13.5. The molecule has 1 aromatic heterocycles. The summed E-state index contributed by atoms with van der Waals surface area (Å²) in [6.45, 7) is 8.79. The molecule has 1 fully saturated rings. The number of likely N-dealkylation sites (tertiary alicyclic amines) is 1. The third-order valence-corrected chi connectivity index (χ3v) is 3.25. The number of carbonyl (C=O) groups excluding carboxylic acids is 1. The van der Waals surface area contributed by atoms with Gasteiger partial charge in [0.15, 0.2) is 0 Å². The molecule has 1 aliphatic heterocycles. The Balaban J connectivity index is 1.68. The summed E-state index contributed by atoms with van der Waals surface area (Å²) in [5.41, 5.74) is 1.02. The van der Waals surface area contributed by atoms with Crippen LogP contribution in [0.15, 0.2) is 24.4 Å². The molecular weight excluding hydrogens is 240 g/mol. The van der Waals surface area contributed by atoms with E-state index in [1.54, 1.807) is 11.1 Å². The predicted molar refractivity (Wildman–Crippen MR) is 72.1 cm³/mol. The van der Waals surface area contributed by atoms with Gasteiger partial charge in [-0.15, -0.1) is 0 Å². The Hall–Kier alpha value is -1.93. The average molecular weight is 258 g/mol. The summed E-state index contributed by atoms with van der Waals surface area (Å²) >= 11 is 0. The molecular formula is C14H18N4O. The van der Waals surface area contributed by atoms with E-state index in [0.717, 1.165) is 31.5 Å². The molecule has 1 aliphatic rings. The monoisotopic (exact) mass is 258 g/mol. The molecule has 2 heterocycles. The molecule has 100 valence electrons. The van der Waals surface area contributed by atoms with Crippen LogP contribution in [-0.4, -0.2) is 41.6 Å². The summed E-state index contributed by atoms with van der Waals surface area (Å²) in [5, 5.41) is 3.12. The number of aromatic nitrogens is 1. The summed E-state index contributed by atoms with van der Waals surface area (Å²) in [5.74, 6) is 0.0273. The first-order valence-electron chi connectivity index (χ1n) is 6.58. The molecule has 5 nitrogen and oxygen atoms in total. The highest BCUT2D eigenvalue weighted by Crippen LogP contribution is 2.17. The maximum absolute atomic E-state index is 11.9. The molecule has 1 N–H and O–H groups in total. The van der Waals surface area contributed by atoms with Gasteiger partial charge in [0.05, 0.1) is 6.54 Å². The van der Waals surface area contributed by atoms with Crippen molar-refractivity contribution in [3.05, 3.63) is 41.5 Å². The van der Waals surface area contributed by atoms with Crippen molar-refractivity contribution in [3.63, 3.8) is 0 Å².